The minimum atomic E-state index is -0.774. The Kier molecular flexibility index (Phi) is 7.61. The summed E-state index contributed by atoms with van der Waals surface area (Å²) in [6.07, 6.45) is 2.50. The Morgan fingerprint density at radius 3 is 2.95 bits per heavy atom. The van der Waals surface area contributed by atoms with Gasteiger partial charge >= 0.3 is 6.01 Å². The van der Waals surface area contributed by atoms with Gasteiger partial charge in [-0.1, -0.05) is 5.10 Å². The molecule has 0 radical (unpaired) electrons. The van der Waals surface area contributed by atoms with Crippen molar-refractivity contribution in [2.45, 2.75) is 25.9 Å². The van der Waals surface area contributed by atoms with Gasteiger partial charge in [0.1, 0.15) is 0 Å². The van der Waals surface area contributed by atoms with E-state index in [0.29, 0.717) is 30.8 Å². The predicted molar refractivity (Wildman–Crippen MR) is 74.5 cm³/mol. The van der Waals surface area contributed by atoms with Gasteiger partial charge in [-0.15, -0.1) is 5.10 Å². The molecule has 0 saturated carbocycles. The van der Waals surface area contributed by atoms with E-state index in [1.807, 2.05) is 6.92 Å². The van der Waals surface area contributed by atoms with Gasteiger partial charge in [0.05, 0.1) is 13.2 Å². The maximum Gasteiger partial charge on any atom is 0.315 e. The molecule has 8 heteroatoms. The maximum atomic E-state index is 11.0. The highest BCUT2D eigenvalue weighted by Gasteiger charge is 2.09. The van der Waals surface area contributed by atoms with E-state index in [2.05, 4.69) is 20.8 Å². The molecule has 1 aromatic rings. The molecule has 19 heavy (non-hydrogen) atoms. The Labute approximate surface area is 116 Å². The third-order valence-electron chi connectivity index (χ3n) is 2.43. The number of methoxy groups -OCH3 is 1. The molecule has 1 aromatic heterocycles. The summed E-state index contributed by atoms with van der Waals surface area (Å²) in [5.41, 5.74) is 0. The van der Waals surface area contributed by atoms with Crippen molar-refractivity contribution in [3.05, 3.63) is 5.89 Å². The van der Waals surface area contributed by atoms with Gasteiger partial charge in [-0.3, -0.25) is 4.21 Å². The first-order valence-corrected chi connectivity index (χ1v) is 7.93. The van der Waals surface area contributed by atoms with Crippen molar-refractivity contribution in [3.63, 3.8) is 0 Å². The molecule has 2 N–H and O–H groups in total. The van der Waals surface area contributed by atoms with Gasteiger partial charge < -0.3 is 19.8 Å². The molecule has 2 atom stereocenters. The second kappa shape index (κ2) is 9.00. The molecule has 1 heterocycles. The molecular formula is C11H22N4O3S. The molecule has 0 spiro atoms. The Morgan fingerprint density at radius 1 is 1.47 bits per heavy atom. The zero-order chi connectivity index (χ0) is 14.1. The van der Waals surface area contributed by atoms with Crippen LogP contribution in [-0.4, -0.2) is 52.7 Å². The minimum absolute atomic E-state index is 0.152. The molecule has 1 rings (SSSR count). The summed E-state index contributed by atoms with van der Waals surface area (Å²) in [4.78, 5) is 0. The van der Waals surface area contributed by atoms with E-state index in [-0.39, 0.29) is 6.04 Å². The lowest BCUT2D eigenvalue weighted by molar-refractivity contribution is 0.198. The minimum Gasteiger partial charge on any atom is -0.407 e. The van der Waals surface area contributed by atoms with Gasteiger partial charge in [-0.25, -0.2) is 0 Å². The smallest absolute Gasteiger partial charge is 0.315 e. The number of aromatic nitrogens is 2. The van der Waals surface area contributed by atoms with Crippen LogP contribution in [0.1, 0.15) is 19.2 Å². The summed E-state index contributed by atoms with van der Waals surface area (Å²) in [6.45, 7) is 3.89. The lowest BCUT2D eigenvalue weighted by Crippen LogP contribution is -2.18. The van der Waals surface area contributed by atoms with E-state index in [1.54, 1.807) is 13.4 Å². The number of nitrogens with one attached hydrogen (secondary N) is 2. The van der Waals surface area contributed by atoms with Gasteiger partial charge in [0.15, 0.2) is 0 Å². The highest BCUT2D eigenvalue weighted by Crippen LogP contribution is 2.08. The monoisotopic (exact) mass is 290 g/mol. The van der Waals surface area contributed by atoms with Gasteiger partial charge in [0, 0.05) is 42.5 Å². The highest BCUT2D eigenvalue weighted by atomic mass is 32.2. The van der Waals surface area contributed by atoms with Crippen LogP contribution in [0.25, 0.3) is 0 Å². The van der Waals surface area contributed by atoms with Crippen molar-refractivity contribution >= 4 is 16.8 Å². The third kappa shape index (κ3) is 7.24. The largest absolute Gasteiger partial charge is 0.407 e. The molecule has 0 aliphatic rings. The first-order chi connectivity index (χ1) is 9.11. The number of nitrogens with zero attached hydrogens (tertiary/aromatic N) is 2. The fourth-order valence-corrected chi connectivity index (χ4v) is 2.06. The van der Waals surface area contributed by atoms with Gasteiger partial charge in [-0.05, 0) is 13.3 Å². The van der Waals surface area contributed by atoms with Crippen LogP contribution in [0.5, 0.6) is 0 Å². The lowest BCUT2D eigenvalue weighted by atomic mass is 10.3. The summed E-state index contributed by atoms with van der Waals surface area (Å²) in [5.74, 6) is 1.19. The van der Waals surface area contributed by atoms with Gasteiger partial charge in [0.25, 0.3) is 0 Å². The Bertz CT molecular complexity index is 386. The van der Waals surface area contributed by atoms with Crippen molar-refractivity contribution in [2.24, 2.45) is 0 Å². The fraction of sp³-hybridized carbons (Fsp3) is 0.818. The summed E-state index contributed by atoms with van der Waals surface area (Å²) in [5, 5.41) is 14.0. The Hall–Kier alpha value is -0.990. The van der Waals surface area contributed by atoms with E-state index in [4.69, 9.17) is 9.15 Å². The molecule has 0 bridgehead atoms. The second-order valence-electron chi connectivity index (χ2n) is 4.28. The molecule has 0 fully saturated rings. The fourth-order valence-electron chi connectivity index (χ4n) is 1.38. The topological polar surface area (TPSA) is 89.3 Å². The van der Waals surface area contributed by atoms with Crippen molar-refractivity contribution < 1.29 is 13.4 Å². The summed E-state index contributed by atoms with van der Waals surface area (Å²) in [6, 6.07) is 0.552. The first-order valence-electron chi connectivity index (χ1n) is 6.20. The Balaban J connectivity index is 2.27. The van der Waals surface area contributed by atoms with Crippen LogP contribution in [-0.2, 0) is 22.1 Å². The quantitative estimate of drug-likeness (QED) is 0.602. The molecular weight excluding hydrogens is 268 g/mol. The predicted octanol–water partition coefficient (Wildman–Crippen LogP) is 0.375. The zero-order valence-electron chi connectivity index (χ0n) is 11.6. The van der Waals surface area contributed by atoms with Crippen LogP contribution in [0.3, 0.4) is 0 Å². The molecule has 0 aromatic carbocycles. The van der Waals surface area contributed by atoms with E-state index >= 15 is 0 Å². The zero-order valence-corrected chi connectivity index (χ0v) is 12.5. The van der Waals surface area contributed by atoms with Crippen LogP contribution < -0.4 is 10.6 Å². The molecule has 110 valence electrons. The van der Waals surface area contributed by atoms with Crippen LogP contribution in [0, 0.1) is 0 Å². The van der Waals surface area contributed by atoms with E-state index < -0.39 is 10.8 Å². The van der Waals surface area contributed by atoms with Crippen LogP contribution in [0.4, 0.5) is 6.01 Å². The number of hydrogen-bond acceptors (Lipinski definition) is 7. The standard InChI is InChI=1S/C11H22N4O3S/c1-9(4-7-19(3)16)13-11-15-14-10(18-11)8-12-5-6-17-2/h9,12H,4-8H2,1-3H3,(H,13,15). The number of ether oxygens (including phenoxy) is 1. The maximum absolute atomic E-state index is 11.0. The van der Waals surface area contributed by atoms with Crippen molar-refractivity contribution in [3.8, 4) is 0 Å². The van der Waals surface area contributed by atoms with E-state index in [0.717, 1.165) is 13.0 Å². The van der Waals surface area contributed by atoms with Crippen molar-refractivity contribution in [1.29, 1.82) is 0 Å². The lowest BCUT2D eigenvalue weighted by Gasteiger charge is -2.09. The van der Waals surface area contributed by atoms with Crippen molar-refractivity contribution in [1.82, 2.24) is 15.5 Å². The molecule has 7 nitrogen and oxygen atoms in total. The van der Waals surface area contributed by atoms with Crippen LogP contribution in [0.2, 0.25) is 0 Å². The average molecular weight is 290 g/mol. The van der Waals surface area contributed by atoms with Gasteiger partial charge in [-0.2, -0.15) is 0 Å². The van der Waals surface area contributed by atoms with Crippen LogP contribution >= 0.6 is 0 Å². The SMILES string of the molecule is COCCNCc1nnc(NC(C)CCS(C)=O)o1. The number of hydrogen-bond donors (Lipinski definition) is 2. The van der Waals surface area contributed by atoms with E-state index in [9.17, 15) is 4.21 Å². The molecule has 0 saturated heterocycles. The molecule has 0 aliphatic carbocycles. The molecule has 2 unspecified atom stereocenters. The molecule has 0 amide bonds. The third-order valence-corrected chi connectivity index (χ3v) is 3.24. The summed E-state index contributed by atoms with van der Waals surface area (Å²) in [7, 11) is 0.880. The summed E-state index contributed by atoms with van der Waals surface area (Å²) >= 11 is 0. The molecule has 0 aliphatic heterocycles. The number of anilines is 1. The number of rotatable bonds is 10. The van der Waals surface area contributed by atoms with E-state index in [1.165, 1.54) is 0 Å². The normalized spacial score (nSPS) is 14.3. The summed E-state index contributed by atoms with van der Waals surface area (Å²) < 4.78 is 21.3. The van der Waals surface area contributed by atoms with Gasteiger partial charge in [0.2, 0.25) is 5.89 Å². The first kappa shape index (κ1) is 16.1. The van der Waals surface area contributed by atoms with Crippen molar-refractivity contribution in [2.75, 3.05) is 37.6 Å². The second-order valence-corrected chi connectivity index (χ2v) is 5.84. The Morgan fingerprint density at radius 2 is 2.26 bits per heavy atom. The van der Waals surface area contributed by atoms with Crippen LogP contribution in [0.15, 0.2) is 4.42 Å². The highest BCUT2D eigenvalue weighted by molar-refractivity contribution is 7.84. The average Bonchev–Trinajstić information content (AvgIpc) is 2.80.